The Kier molecular flexibility index (Phi) is 3.54. The van der Waals surface area contributed by atoms with Crippen LogP contribution >= 0.6 is 0 Å². The molecule has 1 saturated heterocycles. The zero-order chi connectivity index (χ0) is 11.6. The number of aliphatic hydroxyl groups is 1. The molecule has 0 bridgehead atoms. The van der Waals surface area contributed by atoms with Gasteiger partial charge in [-0.05, 0) is 26.7 Å². The molecule has 2 aliphatic rings. The maximum absolute atomic E-state index is 10.3. The monoisotopic (exact) mass is 230 g/mol. The average Bonchev–Trinajstić information content (AvgIpc) is 2.70. The second kappa shape index (κ2) is 4.61. The van der Waals surface area contributed by atoms with Gasteiger partial charge in [0.25, 0.3) is 0 Å². The summed E-state index contributed by atoms with van der Waals surface area (Å²) in [5.74, 6) is -0.399. The van der Waals surface area contributed by atoms with Crippen molar-refractivity contribution in [3.05, 3.63) is 0 Å². The van der Waals surface area contributed by atoms with Crippen molar-refractivity contribution in [3.8, 4) is 0 Å². The van der Waals surface area contributed by atoms with Gasteiger partial charge in [-0.15, -0.1) is 0 Å². The molecule has 1 aliphatic carbocycles. The summed E-state index contributed by atoms with van der Waals surface area (Å²) in [6, 6.07) is 0. The number of ether oxygens (including phenoxy) is 3. The average molecular weight is 230 g/mol. The Morgan fingerprint density at radius 3 is 2.19 bits per heavy atom. The fourth-order valence-electron chi connectivity index (χ4n) is 2.35. The predicted octanol–water partition coefficient (Wildman–Crippen LogP) is 1.46. The van der Waals surface area contributed by atoms with E-state index < -0.39 is 11.4 Å². The van der Waals surface area contributed by atoms with E-state index in [4.69, 9.17) is 14.2 Å². The first-order chi connectivity index (χ1) is 7.54. The van der Waals surface area contributed by atoms with Gasteiger partial charge in [-0.2, -0.15) is 0 Å². The molecule has 0 unspecified atom stereocenters. The highest BCUT2D eigenvalue weighted by molar-refractivity contribution is 4.91. The highest BCUT2D eigenvalue weighted by atomic mass is 16.7. The van der Waals surface area contributed by atoms with Gasteiger partial charge >= 0.3 is 0 Å². The summed E-state index contributed by atoms with van der Waals surface area (Å²) in [7, 11) is 0. The van der Waals surface area contributed by atoms with Gasteiger partial charge in [0.05, 0.1) is 31.5 Å². The molecule has 0 amide bonds. The van der Waals surface area contributed by atoms with Gasteiger partial charge in [-0.25, -0.2) is 0 Å². The molecule has 4 nitrogen and oxygen atoms in total. The molecule has 1 aliphatic heterocycles. The fourth-order valence-corrected chi connectivity index (χ4v) is 2.35. The fraction of sp³-hybridized carbons (Fsp3) is 1.00. The van der Waals surface area contributed by atoms with Crippen molar-refractivity contribution in [3.63, 3.8) is 0 Å². The normalized spacial score (nSPS) is 27.8. The highest BCUT2D eigenvalue weighted by Crippen LogP contribution is 2.40. The molecule has 1 saturated carbocycles. The van der Waals surface area contributed by atoms with Gasteiger partial charge in [0.1, 0.15) is 0 Å². The highest BCUT2D eigenvalue weighted by Gasteiger charge is 2.45. The van der Waals surface area contributed by atoms with Crippen molar-refractivity contribution in [2.45, 2.75) is 57.0 Å². The Balaban J connectivity index is 1.83. The van der Waals surface area contributed by atoms with Crippen LogP contribution in [-0.2, 0) is 14.2 Å². The van der Waals surface area contributed by atoms with Gasteiger partial charge in [0, 0.05) is 12.8 Å². The van der Waals surface area contributed by atoms with Gasteiger partial charge in [-0.3, -0.25) is 0 Å². The molecule has 16 heavy (non-hydrogen) atoms. The molecule has 1 heterocycles. The Labute approximate surface area is 96.9 Å². The standard InChI is InChI=1S/C12H22O4/c1-10(2)14-9-11(13)3-5-12(6-4-11)15-7-8-16-12/h10,13H,3-9H2,1-2H3. The van der Waals surface area contributed by atoms with Crippen LogP contribution in [0.25, 0.3) is 0 Å². The molecule has 4 heteroatoms. The number of hydrogen-bond acceptors (Lipinski definition) is 4. The molecule has 1 N–H and O–H groups in total. The quantitative estimate of drug-likeness (QED) is 0.797. The Bertz CT molecular complexity index is 223. The van der Waals surface area contributed by atoms with Gasteiger partial charge < -0.3 is 19.3 Å². The van der Waals surface area contributed by atoms with Crippen molar-refractivity contribution < 1.29 is 19.3 Å². The maximum atomic E-state index is 10.3. The van der Waals surface area contributed by atoms with Gasteiger partial charge in [0.2, 0.25) is 0 Å². The Morgan fingerprint density at radius 2 is 1.69 bits per heavy atom. The van der Waals surface area contributed by atoms with Crippen molar-refractivity contribution in [2.24, 2.45) is 0 Å². The van der Waals surface area contributed by atoms with Crippen molar-refractivity contribution in [2.75, 3.05) is 19.8 Å². The third-order valence-electron chi connectivity index (χ3n) is 3.44. The molecule has 2 fully saturated rings. The molecule has 0 aromatic rings. The third-order valence-corrected chi connectivity index (χ3v) is 3.44. The summed E-state index contributed by atoms with van der Waals surface area (Å²) in [5, 5.41) is 10.3. The van der Waals surface area contributed by atoms with Crippen LogP contribution in [0, 0.1) is 0 Å². The van der Waals surface area contributed by atoms with E-state index in [-0.39, 0.29) is 6.10 Å². The van der Waals surface area contributed by atoms with E-state index in [0.717, 1.165) is 12.8 Å². The summed E-state index contributed by atoms with van der Waals surface area (Å²) < 4.78 is 16.8. The number of rotatable bonds is 3. The minimum Gasteiger partial charge on any atom is -0.387 e. The van der Waals surface area contributed by atoms with E-state index in [2.05, 4.69) is 0 Å². The Morgan fingerprint density at radius 1 is 1.12 bits per heavy atom. The molecule has 0 radical (unpaired) electrons. The molecule has 0 aromatic heterocycles. The van der Waals surface area contributed by atoms with Crippen molar-refractivity contribution in [1.82, 2.24) is 0 Å². The topological polar surface area (TPSA) is 47.9 Å². The summed E-state index contributed by atoms with van der Waals surface area (Å²) in [6.07, 6.45) is 3.09. The lowest BCUT2D eigenvalue weighted by atomic mass is 9.82. The first kappa shape index (κ1) is 12.3. The minimum absolute atomic E-state index is 0.166. The minimum atomic E-state index is -0.690. The van der Waals surface area contributed by atoms with E-state index in [0.29, 0.717) is 32.7 Å². The van der Waals surface area contributed by atoms with Gasteiger partial charge in [0.15, 0.2) is 5.79 Å². The molecule has 2 rings (SSSR count). The van der Waals surface area contributed by atoms with Crippen molar-refractivity contribution in [1.29, 1.82) is 0 Å². The van der Waals surface area contributed by atoms with Crippen LogP contribution in [0.15, 0.2) is 0 Å². The van der Waals surface area contributed by atoms with E-state index in [9.17, 15) is 5.11 Å². The largest absolute Gasteiger partial charge is 0.387 e. The summed E-state index contributed by atoms with van der Waals surface area (Å²) in [6.45, 7) is 5.75. The van der Waals surface area contributed by atoms with Crippen molar-refractivity contribution >= 4 is 0 Å². The van der Waals surface area contributed by atoms with Crippen LogP contribution in [0.2, 0.25) is 0 Å². The maximum Gasteiger partial charge on any atom is 0.168 e. The van der Waals surface area contributed by atoms with Crippen LogP contribution in [0.3, 0.4) is 0 Å². The van der Waals surface area contributed by atoms with E-state index >= 15 is 0 Å². The molecule has 94 valence electrons. The SMILES string of the molecule is CC(C)OCC1(O)CCC2(CC1)OCCO2. The first-order valence-corrected chi connectivity index (χ1v) is 6.16. The third kappa shape index (κ3) is 2.74. The zero-order valence-electron chi connectivity index (χ0n) is 10.2. The van der Waals surface area contributed by atoms with E-state index in [1.165, 1.54) is 0 Å². The second-order valence-corrected chi connectivity index (χ2v) is 5.19. The summed E-state index contributed by atoms with van der Waals surface area (Å²) >= 11 is 0. The van der Waals surface area contributed by atoms with Crippen LogP contribution in [0.1, 0.15) is 39.5 Å². The van der Waals surface area contributed by atoms with E-state index in [1.54, 1.807) is 0 Å². The van der Waals surface area contributed by atoms with Crippen LogP contribution in [-0.4, -0.2) is 42.4 Å². The molecule has 1 spiro atoms. The van der Waals surface area contributed by atoms with Gasteiger partial charge in [-0.1, -0.05) is 0 Å². The second-order valence-electron chi connectivity index (χ2n) is 5.19. The first-order valence-electron chi connectivity index (χ1n) is 6.16. The summed E-state index contributed by atoms with van der Waals surface area (Å²) in [5.41, 5.74) is -0.690. The lowest BCUT2D eigenvalue weighted by molar-refractivity contribution is -0.210. The lowest BCUT2D eigenvalue weighted by Gasteiger charge is -2.40. The number of hydrogen-bond donors (Lipinski definition) is 1. The van der Waals surface area contributed by atoms with Crippen LogP contribution in [0.4, 0.5) is 0 Å². The smallest absolute Gasteiger partial charge is 0.168 e. The Hall–Kier alpha value is -0.160. The molecular formula is C12H22O4. The van der Waals surface area contributed by atoms with E-state index in [1.807, 2.05) is 13.8 Å². The molecule has 0 atom stereocenters. The van der Waals surface area contributed by atoms with Crippen LogP contribution in [0.5, 0.6) is 0 Å². The molecular weight excluding hydrogens is 208 g/mol. The summed E-state index contributed by atoms with van der Waals surface area (Å²) in [4.78, 5) is 0. The molecule has 0 aromatic carbocycles. The zero-order valence-corrected chi connectivity index (χ0v) is 10.2. The predicted molar refractivity (Wildman–Crippen MR) is 59.1 cm³/mol. The lowest BCUT2D eigenvalue weighted by Crippen LogP contribution is -2.46. The van der Waals surface area contributed by atoms with Crippen LogP contribution < -0.4 is 0 Å².